The molecule has 8 nitrogen and oxygen atoms in total. The van der Waals surface area contributed by atoms with Crippen molar-refractivity contribution in [1.82, 2.24) is 0 Å². The first kappa shape index (κ1) is 30.8. The maximum Gasteiger partial charge on any atom is 0.335 e. The van der Waals surface area contributed by atoms with Crippen LogP contribution in [0.2, 0.25) is 39.3 Å². The van der Waals surface area contributed by atoms with Gasteiger partial charge in [0, 0.05) is 33.9 Å². The summed E-state index contributed by atoms with van der Waals surface area (Å²) in [6, 6.07) is 17.3. The molecule has 0 spiro atoms. The van der Waals surface area contributed by atoms with Crippen LogP contribution in [0.4, 0.5) is 32.3 Å². The van der Waals surface area contributed by atoms with E-state index in [4.69, 9.17) is 0 Å². The van der Waals surface area contributed by atoms with Gasteiger partial charge in [-0.25, -0.2) is 14.4 Å². The third kappa shape index (κ3) is 11.1. The fourth-order valence-electron chi connectivity index (χ4n) is 3.35. The van der Waals surface area contributed by atoms with Crippen molar-refractivity contribution in [2.24, 2.45) is 0 Å². The van der Waals surface area contributed by atoms with Gasteiger partial charge in [-0.15, -0.1) is 11.1 Å². The second kappa shape index (κ2) is 13.1. The molecule has 0 fully saturated rings. The number of amides is 4. The van der Waals surface area contributed by atoms with Gasteiger partial charge < -0.3 is 26.4 Å². The smallest absolute Gasteiger partial charge is 0.335 e. The molecular formula is C31H34N4O4Si2. The van der Waals surface area contributed by atoms with Gasteiger partial charge in [0.1, 0.15) is 16.1 Å². The molecule has 0 aromatic heterocycles. The molecule has 4 amide bonds. The summed E-state index contributed by atoms with van der Waals surface area (Å²) in [5, 5.41) is 20.3. The zero-order chi connectivity index (χ0) is 30.2. The number of carbonyl (C=O) groups is 3. The van der Waals surface area contributed by atoms with E-state index in [1.54, 1.807) is 36.4 Å². The Morgan fingerprint density at radius 2 is 0.976 bits per heavy atom. The van der Waals surface area contributed by atoms with Gasteiger partial charge in [0.2, 0.25) is 0 Å². The molecular weight excluding hydrogens is 549 g/mol. The number of urea groups is 2. The fraction of sp³-hybridized carbons (Fsp3) is 0.194. The highest BCUT2D eigenvalue weighted by Crippen LogP contribution is 2.21. The molecule has 5 N–H and O–H groups in total. The summed E-state index contributed by atoms with van der Waals surface area (Å²) in [5.41, 5.74) is 9.48. The van der Waals surface area contributed by atoms with Gasteiger partial charge >= 0.3 is 18.0 Å². The number of rotatable bonds is 5. The van der Waals surface area contributed by atoms with Gasteiger partial charge in [-0.3, -0.25) is 0 Å². The molecule has 0 atom stereocenters. The molecule has 0 aliphatic rings. The Labute approximate surface area is 243 Å². The molecule has 210 valence electrons. The first-order chi connectivity index (χ1) is 19.1. The second-order valence-corrected chi connectivity index (χ2v) is 20.9. The maximum absolute atomic E-state index is 12.7. The molecule has 0 bridgehead atoms. The summed E-state index contributed by atoms with van der Waals surface area (Å²) in [7, 11) is -3.11. The fourth-order valence-corrected chi connectivity index (χ4v) is 4.39. The average Bonchev–Trinajstić information content (AvgIpc) is 2.85. The summed E-state index contributed by atoms with van der Waals surface area (Å²) < 4.78 is 0. The van der Waals surface area contributed by atoms with E-state index in [9.17, 15) is 19.5 Å². The van der Waals surface area contributed by atoms with E-state index in [0.29, 0.717) is 11.4 Å². The van der Waals surface area contributed by atoms with Crippen molar-refractivity contribution in [3.05, 3.63) is 83.4 Å². The van der Waals surface area contributed by atoms with Crippen molar-refractivity contribution in [3.63, 3.8) is 0 Å². The molecule has 0 aliphatic heterocycles. The predicted octanol–water partition coefficient (Wildman–Crippen LogP) is 7.13. The van der Waals surface area contributed by atoms with Crippen LogP contribution in [0.1, 0.15) is 21.5 Å². The number of aromatic carboxylic acids is 1. The predicted molar refractivity (Wildman–Crippen MR) is 172 cm³/mol. The highest BCUT2D eigenvalue weighted by Gasteiger charge is 2.13. The monoisotopic (exact) mass is 582 g/mol. The highest BCUT2D eigenvalue weighted by atomic mass is 28.3. The molecule has 0 saturated heterocycles. The third-order valence-corrected chi connectivity index (χ3v) is 6.85. The molecule has 3 aromatic carbocycles. The van der Waals surface area contributed by atoms with Gasteiger partial charge in [-0.1, -0.05) is 63.3 Å². The van der Waals surface area contributed by atoms with E-state index in [1.165, 1.54) is 18.2 Å². The van der Waals surface area contributed by atoms with Crippen LogP contribution in [0.3, 0.4) is 0 Å². The standard InChI is InChI=1S/C31H34N4O4Si2/c1-40(2,3)15-13-22-9-7-11-25(17-22)32-30(38)34-27-19-24(29(36)37)20-28(21-27)35-31(39)33-26-12-8-10-23(18-26)14-16-41(4,5)6/h7-12,17-21H,1-6H3,(H,36,37)(H2,32,34,38)(H2,33,35,39). The normalized spacial score (nSPS) is 10.7. The van der Waals surface area contributed by atoms with Crippen LogP contribution < -0.4 is 21.3 Å². The Morgan fingerprint density at radius 1 is 0.585 bits per heavy atom. The van der Waals surface area contributed by atoms with E-state index >= 15 is 0 Å². The summed E-state index contributed by atoms with van der Waals surface area (Å²) >= 11 is 0. The number of carboxylic acids is 1. The lowest BCUT2D eigenvalue weighted by Crippen LogP contribution is -2.21. The van der Waals surface area contributed by atoms with Gasteiger partial charge in [-0.2, -0.15) is 0 Å². The van der Waals surface area contributed by atoms with E-state index in [-0.39, 0.29) is 16.9 Å². The van der Waals surface area contributed by atoms with Crippen molar-refractivity contribution in [2.75, 3.05) is 21.3 Å². The van der Waals surface area contributed by atoms with Gasteiger partial charge in [-0.05, 0) is 54.6 Å². The number of hydrogen-bond donors (Lipinski definition) is 5. The van der Waals surface area contributed by atoms with Crippen molar-refractivity contribution >= 4 is 56.9 Å². The summed E-state index contributed by atoms with van der Waals surface area (Å²) in [5.74, 6) is 5.09. The Hall–Kier alpha value is -4.78. The molecule has 41 heavy (non-hydrogen) atoms. The van der Waals surface area contributed by atoms with Crippen LogP contribution in [0.15, 0.2) is 66.7 Å². The second-order valence-electron chi connectivity index (χ2n) is 11.4. The van der Waals surface area contributed by atoms with E-state index in [1.807, 2.05) is 12.1 Å². The van der Waals surface area contributed by atoms with E-state index < -0.39 is 34.2 Å². The average molecular weight is 583 g/mol. The van der Waals surface area contributed by atoms with Gasteiger partial charge in [0.05, 0.1) is 5.56 Å². The number of nitrogens with one attached hydrogen (secondary N) is 4. The maximum atomic E-state index is 12.7. The third-order valence-electron chi connectivity index (χ3n) is 5.10. The number of carboxylic acid groups (broad SMARTS) is 1. The summed E-state index contributed by atoms with van der Waals surface area (Å²) in [6.07, 6.45) is 0. The van der Waals surface area contributed by atoms with Crippen LogP contribution in [0.25, 0.3) is 0 Å². The Bertz CT molecular complexity index is 1490. The lowest BCUT2D eigenvalue weighted by molar-refractivity contribution is 0.0697. The van der Waals surface area contributed by atoms with Crippen LogP contribution in [-0.2, 0) is 0 Å². The van der Waals surface area contributed by atoms with Crippen LogP contribution in [0, 0.1) is 22.9 Å². The topological polar surface area (TPSA) is 120 Å². The minimum Gasteiger partial charge on any atom is -0.478 e. The van der Waals surface area contributed by atoms with Crippen molar-refractivity contribution < 1.29 is 19.5 Å². The van der Waals surface area contributed by atoms with E-state index in [2.05, 4.69) is 83.5 Å². The molecule has 0 aliphatic carbocycles. The largest absolute Gasteiger partial charge is 0.478 e. The van der Waals surface area contributed by atoms with Crippen molar-refractivity contribution in [3.8, 4) is 22.9 Å². The molecule has 10 heteroatoms. The number of hydrogen-bond acceptors (Lipinski definition) is 3. The van der Waals surface area contributed by atoms with Gasteiger partial charge in [0.15, 0.2) is 0 Å². The molecule has 0 unspecified atom stereocenters. The van der Waals surface area contributed by atoms with Crippen LogP contribution in [-0.4, -0.2) is 39.3 Å². The zero-order valence-electron chi connectivity index (χ0n) is 24.0. The number of anilines is 4. The summed E-state index contributed by atoms with van der Waals surface area (Å²) in [4.78, 5) is 37.1. The minimum atomic E-state index is -1.55. The Balaban J connectivity index is 1.72. The molecule has 0 radical (unpaired) electrons. The first-order valence-electron chi connectivity index (χ1n) is 13.0. The van der Waals surface area contributed by atoms with Crippen LogP contribution in [0.5, 0.6) is 0 Å². The number of benzene rings is 3. The molecule has 0 heterocycles. The van der Waals surface area contributed by atoms with Crippen molar-refractivity contribution in [1.29, 1.82) is 0 Å². The molecule has 3 rings (SSSR count). The lowest BCUT2D eigenvalue weighted by Gasteiger charge is -2.12. The molecule has 3 aromatic rings. The lowest BCUT2D eigenvalue weighted by atomic mass is 10.1. The Kier molecular flexibility index (Phi) is 9.79. The Morgan fingerprint density at radius 3 is 1.34 bits per heavy atom. The van der Waals surface area contributed by atoms with Crippen LogP contribution >= 0.6 is 0 Å². The van der Waals surface area contributed by atoms with Crippen molar-refractivity contribution in [2.45, 2.75) is 39.3 Å². The SMILES string of the molecule is C[Si](C)(C)C#Cc1cccc(NC(=O)Nc2cc(NC(=O)Nc3cccc(C#C[Si](C)(C)C)c3)cc(C(=O)O)c2)c1. The molecule has 0 saturated carbocycles. The van der Waals surface area contributed by atoms with Gasteiger partial charge in [0.25, 0.3) is 0 Å². The minimum absolute atomic E-state index is 0.106. The quantitative estimate of drug-likeness (QED) is 0.162. The van der Waals surface area contributed by atoms with E-state index in [0.717, 1.165) is 11.1 Å². The number of carbonyl (C=O) groups excluding carboxylic acids is 2. The zero-order valence-corrected chi connectivity index (χ0v) is 26.0. The highest BCUT2D eigenvalue weighted by molar-refractivity contribution is 6.84. The first-order valence-corrected chi connectivity index (χ1v) is 20.0. The summed E-state index contributed by atoms with van der Waals surface area (Å²) in [6.45, 7) is 12.9.